The summed E-state index contributed by atoms with van der Waals surface area (Å²) in [6.07, 6.45) is 5.05. The molecular weight excluding hydrogens is 244 g/mol. The second-order valence-corrected chi connectivity index (χ2v) is 4.85. The van der Waals surface area contributed by atoms with Crippen LogP contribution >= 0.6 is 0 Å². The lowest BCUT2D eigenvalue weighted by molar-refractivity contribution is -0.145. The smallest absolute Gasteiger partial charge is 0.333 e. The molecule has 108 valence electrons. The Kier molecular flexibility index (Phi) is 6.39. The summed E-state index contributed by atoms with van der Waals surface area (Å²) in [6.45, 7) is 6.09. The predicted molar refractivity (Wildman–Crippen MR) is 73.8 cm³/mol. The molecule has 1 rings (SSSR count). The third-order valence-electron chi connectivity index (χ3n) is 3.38. The molecule has 0 radical (unpaired) electrons. The molecule has 1 saturated carbocycles. The highest BCUT2D eigenvalue weighted by molar-refractivity contribution is 5.87. The minimum Gasteiger partial charge on any atom is -0.459 e. The molecule has 1 aliphatic rings. The van der Waals surface area contributed by atoms with Crippen molar-refractivity contribution in [3.05, 3.63) is 11.6 Å². The van der Waals surface area contributed by atoms with Crippen LogP contribution in [0.3, 0.4) is 0 Å². The molecule has 0 bridgehead atoms. The molecule has 2 amide bonds. The number of carbonyl (C=O) groups is 2. The quantitative estimate of drug-likeness (QED) is 0.606. The fraction of sp³-hybridized carbons (Fsp3) is 0.714. The summed E-state index contributed by atoms with van der Waals surface area (Å²) in [4.78, 5) is 23.0. The Hall–Kier alpha value is -1.52. The van der Waals surface area contributed by atoms with Gasteiger partial charge in [0.15, 0.2) is 0 Å². The van der Waals surface area contributed by atoms with Gasteiger partial charge < -0.3 is 15.4 Å². The molecule has 0 atom stereocenters. The second-order valence-electron chi connectivity index (χ2n) is 4.85. The van der Waals surface area contributed by atoms with Crippen molar-refractivity contribution in [2.75, 3.05) is 6.54 Å². The van der Waals surface area contributed by atoms with Gasteiger partial charge in [0.2, 0.25) is 0 Å². The first-order valence-corrected chi connectivity index (χ1v) is 6.95. The van der Waals surface area contributed by atoms with Gasteiger partial charge in [-0.15, -0.1) is 0 Å². The number of hydrogen-bond acceptors (Lipinski definition) is 3. The van der Waals surface area contributed by atoms with Crippen molar-refractivity contribution in [1.82, 2.24) is 10.6 Å². The molecule has 0 aromatic rings. The monoisotopic (exact) mass is 268 g/mol. The average Bonchev–Trinajstić information content (AvgIpc) is 2.40. The molecule has 0 aliphatic heterocycles. The number of ether oxygens (including phenoxy) is 1. The van der Waals surface area contributed by atoms with E-state index >= 15 is 0 Å². The molecule has 0 unspecified atom stereocenters. The van der Waals surface area contributed by atoms with E-state index in [4.69, 9.17) is 4.74 Å². The Morgan fingerprint density at radius 1 is 1.26 bits per heavy atom. The van der Waals surface area contributed by atoms with E-state index in [0.717, 1.165) is 25.7 Å². The highest BCUT2D eigenvalue weighted by atomic mass is 16.5. The molecule has 0 saturated heterocycles. The first-order chi connectivity index (χ1) is 9.06. The number of urea groups is 1. The van der Waals surface area contributed by atoms with E-state index in [-0.39, 0.29) is 24.1 Å². The fourth-order valence-corrected chi connectivity index (χ4v) is 2.08. The number of hydrogen-bond donors (Lipinski definition) is 2. The van der Waals surface area contributed by atoms with Crippen LogP contribution in [0.4, 0.5) is 4.79 Å². The number of esters is 1. The van der Waals surface area contributed by atoms with E-state index < -0.39 is 0 Å². The number of carbonyl (C=O) groups excluding carboxylic acids is 2. The summed E-state index contributed by atoms with van der Waals surface area (Å²) in [7, 11) is 0. The number of rotatable bonds is 4. The van der Waals surface area contributed by atoms with Crippen LogP contribution < -0.4 is 10.6 Å². The Morgan fingerprint density at radius 2 is 1.89 bits per heavy atom. The lowest BCUT2D eigenvalue weighted by atomic mass is 9.93. The number of amides is 2. The molecule has 0 heterocycles. The zero-order valence-electron chi connectivity index (χ0n) is 12.0. The molecule has 0 aromatic heterocycles. The molecule has 1 aliphatic carbocycles. The van der Waals surface area contributed by atoms with Crippen molar-refractivity contribution in [3.8, 4) is 0 Å². The summed E-state index contributed by atoms with van der Waals surface area (Å²) in [6, 6.07) is 0.0667. The van der Waals surface area contributed by atoms with Crippen LogP contribution in [0.1, 0.15) is 46.5 Å². The van der Waals surface area contributed by atoms with Crippen LogP contribution in [0.2, 0.25) is 0 Å². The summed E-state index contributed by atoms with van der Waals surface area (Å²) in [5.41, 5.74) is 0.641. The maximum absolute atomic E-state index is 11.6. The van der Waals surface area contributed by atoms with Crippen molar-refractivity contribution in [2.24, 2.45) is 0 Å². The van der Waals surface area contributed by atoms with Gasteiger partial charge in [-0.05, 0) is 46.5 Å². The van der Waals surface area contributed by atoms with E-state index in [9.17, 15) is 9.59 Å². The molecule has 5 heteroatoms. The third-order valence-corrected chi connectivity index (χ3v) is 3.38. The average molecular weight is 268 g/mol. The van der Waals surface area contributed by atoms with Gasteiger partial charge in [0.1, 0.15) is 6.10 Å². The van der Waals surface area contributed by atoms with Crippen LogP contribution in [0.5, 0.6) is 0 Å². The van der Waals surface area contributed by atoms with Crippen LogP contribution in [-0.2, 0) is 9.53 Å². The van der Waals surface area contributed by atoms with Gasteiger partial charge in [-0.2, -0.15) is 0 Å². The van der Waals surface area contributed by atoms with Crippen molar-refractivity contribution in [1.29, 1.82) is 0 Å². The number of nitrogens with one attached hydrogen (secondary N) is 2. The van der Waals surface area contributed by atoms with Crippen LogP contribution in [0.25, 0.3) is 0 Å². The number of allylic oxidation sites excluding steroid dienone is 1. The van der Waals surface area contributed by atoms with Crippen molar-refractivity contribution in [2.45, 2.75) is 58.6 Å². The minimum absolute atomic E-state index is 0.0188. The van der Waals surface area contributed by atoms with Gasteiger partial charge in [-0.25, -0.2) is 9.59 Å². The lowest BCUT2D eigenvalue weighted by Crippen LogP contribution is -2.44. The summed E-state index contributed by atoms with van der Waals surface area (Å²) in [5, 5.41) is 5.64. The zero-order chi connectivity index (χ0) is 14.3. The minimum atomic E-state index is -0.234. The van der Waals surface area contributed by atoms with Gasteiger partial charge >= 0.3 is 12.0 Å². The first kappa shape index (κ1) is 15.5. The highest BCUT2D eigenvalue weighted by Gasteiger charge is 2.24. The Balaban J connectivity index is 2.29. The maximum Gasteiger partial charge on any atom is 0.333 e. The topological polar surface area (TPSA) is 67.4 Å². The maximum atomic E-state index is 11.6. The summed E-state index contributed by atoms with van der Waals surface area (Å²) in [5.74, 6) is -0.234. The van der Waals surface area contributed by atoms with E-state index in [1.165, 1.54) is 0 Å². The van der Waals surface area contributed by atoms with E-state index in [1.807, 2.05) is 13.8 Å². The van der Waals surface area contributed by atoms with E-state index in [2.05, 4.69) is 10.6 Å². The van der Waals surface area contributed by atoms with Crippen molar-refractivity contribution < 1.29 is 14.3 Å². The van der Waals surface area contributed by atoms with Crippen LogP contribution in [0.15, 0.2) is 11.6 Å². The second kappa shape index (κ2) is 7.81. The summed E-state index contributed by atoms with van der Waals surface area (Å²) < 4.78 is 5.41. The normalized spacial score (nSPS) is 23.6. The molecule has 1 fully saturated rings. The van der Waals surface area contributed by atoms with Gasteiger partial charge in [0.25, 0.3) is 0 Å². The third kappa shape index (κ3) is 5.32. The standard InChI is InChI=1S/C14H24N2O3/c1-4-10(3)13(17)19-12-8-6-11(7-9-12)16-14(18)15-5-2/h4,11-12H,5-9H2,1-3H3,(H2,15,16,18). The zero-order valence-corrected chi connectivity index (χ0v) is 12.0. The summed E-state index contributed by atoms with van der Waals surface area (Å²) >= 11 is 0. The molecule has 2 N–H and O–H groups in total. The van der Waals surface area contributed by atoms with Crippen LogP contribution in [-0.4, -0.2) is 30.7 Å². The van der Waals surface area contributed by atoms with Gasteiger partial charge in [0, 0.05) is 18.2 Å². The SMILES string of the molecule is CC=C(C)C(=O)OC1CCC(NC(=O)NCC)CC1. The van der Waals surface area contributed by atoms with Crippen molar-refractivity contribution >= 4 is 12.0 Å². The Morgan fingerprint density at radius 3 is 2.42 bits per heavy atom. The van der Waals surface area contributed by atoms with E-state index in [1.54, 1.807) is 13.0 Å². The molecule has 0 aromatic carbocycles. The molecule has 19 heavy (non-hydrogen) atoms. The molecule has 5 nitrogen and oxygen atoms in total. The Labute approximate surface area is 114 Å². The van der Waals surface area contributed by atoms with Crippen LogP contribution in [0, 0.1) is 0 Å². The van der Waals surface area contributed by atoms with Gasteiger partial charge in [-0.1, -0.05) is 6.08 Å². The van der Waals surface area contributed by atoms with E-state index in [0.29, 0.717) is 12.1 Å². The largest absolute Gasteiger partial charge is 0.459 e. The lowest BCUT2D eigenvalue weighted by Gasteiger charge is -2.28. The molecule has 0 spiro atoms. The van der Waals surface area contributed by atoms with Gasteiger partial charge in [0.05, 0.1) is 0 Å². The molecular formula is C14H24N2O3. The van der Waals surface area contributed by atoms with Gasteiger partial charge in [-0.3, -0.25) is 0 Å². The predicted octanol–water partition coefficient (Wildman–Crippen LogP) is 2.13. The fourth-order valence-electron chi connectivity index (χ4n) is 2.08. The van der Waals surface area contributed by atoms with Crippen molar-refractivity contribution in [3.63, 3.8) is 0 Å². The highest BCUT2D eigenvalue weighted by Crippen LogP contribution is 2.22. The Bertz CT molecular complexity index is 345. The first-order valence-electron chi connectivity index (χ1n) is 6.95.